The Kier molecular flexibility index (Phi) is 8.46. The Bertz CT molecular complexity index is 1460. The van der Waals surface area contributed by atoms with Gasteiger partial charge in [-0.3, -0.25) is 9.78 Å². The van der Waals surface area contributed by atoms with Crippen molar-refractivity contribution in [3.05, 3.63) is 93.1 Å². The van der Waals surface area contributed by atoms with E-state index in [0.717, 1.165) is 41.6 Å². The Morgan fingerprint density at radius 3 is 2.46 bits per heavy atom. The second kappa shape index (κ2) is 11.8. The van der Waals surface area contributed by atoms with Gasteiger partial charge in [0.2, 0.25) is 5.82 Å². The molecule has 0 atom stereocenters. The van der Waals surface area contributed by atoms with E-state index in [9.17, 15) is 31.1 Å². The molecule has 1 fully saturated rings. The van der Waals surface area contributed by atoms with Crippen LogP contribution < -0.4 is 5.56 Å². The molecule has 0 spiro atoms. The second-order valence-corrected chi connectivity index (χ2v) is 8.92. The predicted molar refractivity (Wildman–Crippen MR) is 127 cm³/mol. The van der Waals surface area contributed by atoms with Crippen LogP contribution in [-0.4, -0.2) is 24.9 Å². The summed E-state index contributed by atoms with van der Waals surface area (Å²) in [4.78, 5) is 18.9. The van der Waals surface area contributed by atoms with Crippen molar-refractivity contribution >= 4 is 0 Å². The molecule has 0 aliphatic heterocycles. The zero-order chi connectivity index (χ0) is 28.2. The molecular weight excluding hydrogens is 528 g/mol. The normalized spacial score (nSPS) is 13.9. The van der Waals surface area contributed by atoms with Crippen LogP contribution >= 0.6 is 0 Å². The van der Waals surface area contributed by atoms with E-state index in [2.05, 4.69) is 24.7 Å². The highest BCUT2D eigenvalue weighted by Gasteiger charge is 2.34. The number of aromatic nitrogens is 5. The molecule has 206 valence electrons. The third-order valence-electron chi connectivity index (χ3n) is 6.25. The van der Waals surface area contributed by atoms with Crippen LogP contribution in [0.4, 0.5) is 26.3 Å². The van der Waals surface area contributed by atoms with Crippen molar-refractivity contribution < 1.29 is 30.9 Å². The molecule has 4 aromatic rings. The van der Waals surface area contributed by atoms with Crippen molar-refractivity contribution in [2.24, 2.45) is 0 Å². The third kappa shape index (κ3) is 6.70. The molecule has 39 heavy (non-hydrogen) atoms. The lowest BCUT2D eigenvalue weighted by Gasteiger charge is -2.13. The lowest BCUT2D eigenvalue weighted by Crippen LogP contribution is -2.25. The number of aryl methyl sites for hydroxylation is 1. The predicted octanol–water partition coefficient (Wildman–Crippen LogP) is 6.48. The molecular formula is C26H23F6N5O2. The van der Waals surface area contributed by atoms with Crippen LogP contribution in [0.1, 0.15) is 66.3 Å². The van der Waals surface area contributed by atoms with Gasteiger partial charge in [-0.15, -0.1) is 0 Å². The first-order valence-corrected chi connectivity index (χ1v) is 12.0. The minimum absolute atomic E-state index is 0.00750. The zero-order valence-electron chi connectivity index (χ0n) is 20.6. The molecule has 0 N–H and O–H groups in total. The summed E-state index contributed by atoms with van der Waals surface area (Å²) >= 11 is 0. The Morgan fingerprint density at radius 2 is 1.82 bits per heavy atom. The van der Waals surface area contributed by atoms with Crippen LogP contribution in [0.5, 0.6) is 0 Å². The summed E-state index contributed by atoms with van der Waals surface area (Å²) in [6, 6.07) is 9.47. The van der Waals surface area contributed by atoms with Crippen LogP contribution in [0, 0.1) is 12.7 Å². The summed E-state index contributed by atoms with van der Waals surface area (Å²) in [6.07, 6.45) is -1.65. The van der Waals surface area contributed by atoms with Gasteiger partial charge in [0.05, 0.1) is 17.8 Å². The minimum Gasteiger partial charge on any atom is -0.333 e. The van der Waals surface area contributed by atoms with E-state index < -0.39 is 41.9 Å². The van der Waals surface area contributed by atoms with Gasteiger partial charge in [0.15, 0.2) is 0 Å². The van der Waals surface area contributed by atoms with Gasteiger partial charge < -0.3 is 4.52 Å². The average molecular weight is 551 g/mol. The number of hydrogen-bond acceptors (Lipinski definition) is 6. The van der Waals surface area contributed by atoms with Crippen molar-refractivity contribution in [3.8, 4) is 11.5 Å². The molecule has 1 aliphatic carbocycles. The quantitative estimate of drug-likeness (QED) is 0.264. The van der Waals surface area contributed by atoms with Gasteiger partial charge in [-0.25, -0.2) is 9.07 Å². The van der Waals surface area contributed by atoms with Crippen LogP contribution in [0.15, 0.2) is 58.0 Å². The minimum atomic E-state index is -4.66. The summed E-state index contributed by atoms with van der Waals surface area (Å²) in [5, 5.41) is 7.10. The van der Waals surface area contributed by atoms with E-state index in [4.69, 9.17) is 0 Å². The van der Waals surface area contributed by atoms with E-state index in [0.29, 0.717) is 10.6 Å². The van der Waals surface area contributed by atoms with Gasteiger partial charge in [0.1, 0.15) is 11.5 Å². The SMILES string of the molecule is Cc1cccc(F)c1C1CCCC1.O=c1ccc(-c2noc(C(F)F)n2)nn1Cc1ncccc1C(F)(F)F. The monoisotopic (exact) mass is 551 g/mol. The molecule has 1 aromatic carbocycles. The molecule has 0 radical (unpaired) electrons. The molecule has 0 unspecified atom stereocenters. The Morgan fingerprint density at radius 1 is 1.08 bits per heavy atom. The number of halogens is 6. The number of alkyl halides is 5. The summed E-state index contributed by atoms with van der Waals surface area (Å²) in [7, 11) is 0. The van der Waals surface area contributed by atoms with Gasteiger partial charge in [0.25, 0.3) is 11.4 Å². The van der Waals surface area contributed by atoms with Crippen LogP contribution in [0.2, 0.25) is 0 Å². The number of benzene rings is 1. The van der Waals surface area contributed by atoms with Gasteiger partial charge in [-0.2, -0.15) is 32.0 Å². The molecule has 5 rings (SSSR count). The van der Waals surface area contributed by atoms with Gasteiger partial charge in [-0.05, 0) is 61.1 Å². The van der Waals surface area contributed by atoms with Crippen LogP contribution in [0.3, 0.4) is 0 Å². The molecule has 1 aliphatic rings. The zero-order valence-corrected chi connectivity index (χ0v) is 20.6. The van der Waals surface area contributed by atoms with Crippen molar-refractivity contribution in [3.63, 3.8) is 0 Å². The van der Waals surface area contributed by atoms with E-state index in [1.54, 1.807) is 12.1 Å². The molecule has 3 aromatic heterocycles. The van der Waals surface area contributed by atoms with Gasteiger partial charge >= 0.3 is 12.6 Å². The van der Waals surface area contributed by atoms with E-state index in [-0.39, 0.29) is 17.3 Å². The summed E-state index contributed by atoms with van der Waals surface area (Å²) in [5.74, 6) is -0.789. The fourth-order valence-corrected chi connectivity index (χ4v) is 4.45. The van der Waals surface area contributed by atoms with Crippen molar-refractivity contribution in [2.45, 2.75) is 57.7 Å². The lowest BCUT2D eigenvalue weighted by molar-refractivity contribution is -0.138. The van der Waals surface area contributed by atoms with Crippen molar-refractivity contribution in [2.75, 3.05) is 0 Å². The van der Waals surface area contributed by atoms with Crippen LogP contribution in [-0.2, 0) is 12.7 Å². The maximum Gasteiger partial charge on any atom is 0.418 e. The van der Waals surface area contributed by atoms with Crippen LogP contribution in [0.25, 0.3) is 11.5 Å². The molecule has 0 amide bonds. The van der Waals surface area contributed by atoms with Gasteiger partial charge in [0, 0.05) is 12.3 Å². The van der Waals surface area contributed by atoms with E-state index >= 15 is 0 Å². The van der Waals surface area contributed by atoms with Gasteiger partial charge in [-0.1, -0.05) is 30.1 Å². The second-order valence-electron chi connectivity index (χ2n) is 8.92. The molecule has 0 saturated heterocycles. The highest BCUT2D eigenvalue weighted by Crippen LogP contribution is 2.37. The third-order valence-corrected chi connectivity index (χ3v) is 6.25. The molecule has 7 nitrogen and oxygen atoms in total. The Labute approximate surface area is 218 Å². The average Bonchev–Trinajstić information content (AvgIpc) is 3.59. The Hall–Kier alpha value is -4.03. The number of hydrogen-bond donors (Lipinski definition) is 0. The maximum absolute atomic E-state index is 13.5. The molecule has 13 heteroatoms. The number of rotatable bonds is 5. The lowest BCUT2D eigenvalue weighted by atomic mass is 9.93. The largest absolute Gasteiger partial charge is 0.418 e. The fourth-order valence-electron chi connectivity index (χ4n) is 4.45. The molecule has 1 saturated carbocycles. The molecule has 0 bridgehead atoms. The standard InChI is InChI=1S/C14H8F5N5O2.C12H15F/c15-11(16)13-21-12(23-26-13)8-3-4-10(25)24(22-8)6-9-7(14(17,18)19)2-1-5-20-9;1-9-5-4-8-11(13)12(9)10-6-2-3-7-10/h1-5,11H,6H2;4-5,8,10H,2-3,6-7H2,1H3. The molecule has 3 heterocycles. The first kappa shape index (κ1) is 28.0. The number of pyridine rings is 1. The maximum atomic E-state index is 13.5. The topological polar surface area (TPSA) is 86.7 Å². The van der Waals surface area contributed by atoms with Crippen molar-refractivity contribution in [1.29, 1.82) is 0 Å². The fraction of sp³-hybridized carbons (Fsp3) is 0.346. The Balaban J connectivity index is 0.000000226. The van der Waals surface area contributed by atoms with Crippen molar-refractivity contribution in [1.82, 2.24) is 24.9 Å². The number of nitrogens with zero attached hydrogens (tertiary/aromatic N) is 5. The van der Waals surface area contributed by atoms with E-state index in [1.165, 1.54) is 25.7 Å². The van der Waals surface area contributed by atoms with E-state index in [1.807, 2.05) is 13.0 Å². The summed E-state index contributed by atoms with van der Waals surface area (Å²) in [5.41, 5.74) is -0.187. The smallest absolute Gasteiger partial charge is 0.333 e. The summed E-state index contributed by atoms with van der Waals surface area (Å²) in [6.45, 7) is 1.43. The summed E-state index contributed by atoms with van der Waals surface area (Å²) < 4.78 is 82.6. The highest BCUT2D eigenvalue weighted by atomic mass is 19.4. The highest BCUT2D eigenvalue weighted by molar-refractivity contribution is 5.46. The first-order valence-electron chi connectivity index (χ1n) is 12.0. The first-order chi connectivity index (χ1) is 18.5.